The molecule has 1 nitrogen and oxygen atoms in total. The van der Waals surface area contributed by atoms with Gasteiger partial charge in [-0.1, -0.05) is 32.9 Å². The van der Waals surface area contributed by atoms with Crippen LogP contribution in [0.25, 0.3) is 0 Å². The number of aliphatic hydroxyl groups excluding tert-OH is 1. The summed E-state index contributed by atoms with van der Waals surface area (Å²) in [4.78, 5) is 0. The van der Waals surface area contributed by atoms with Crippen LogP contribution in [0.3, 0.4) is 0 Å². The predicted molar refractivity (Wildman–Crippen MR) is 60.5 cm³/mol. The lowest BCUT2D eigenvalue weighted by Crippen LogP contribution is -1.99. The maximum Gasteiger partial charge on any atom is 0.0684 e. The Morgan fingerprint density at radius 1 is 0.786 bits per heavy atom. The van der Waals surface area contributed by atoms with E-state index in [4.69, 9.17) is 0 Å². The van der Waals surface area contributed by atoms with Gasteiger partial charge in [0.25, 0.3) is 0 Å². The van der Waals surface area contributed by atoms with Gasteiger partial charge in [-0.05, 0) is 41.5 Å². The molecule has 0 bridgehead atoms. The molecule has 0 aliphatic carbocycles. The Morgan fingerprint density at radius 3 is 1.50 bits per heavy atom. The van der Waals surface area contributed by atoms with Crippen LogP contribution in [-0.2, 0) is 25.9 Å². The maximum absolute atomic E-state index is 9.23. The van der Waals surface area contributed by atoms with Gasteiger partial charge < -0.3 is 5.11 Å². The maximum atomic E-state index is 9.23. The molecular weight excluding hydrogens is 172 g/mol. The minimum Gasteiger partial charge on any atom is -0.392 e. The van der Waals surface area contributed by atoms with Crippen molar-refractivity contribution in [2.75, 3.05) is 0 Å². The summed E-state index contributed by atoms with van der Waals surface area (Å²) in [6.07, 6.45) is 3.15. The first-order valence-electron chi connectivity index (χ1n) is 5.51. The van der Waals surface area contributed by atoms with E-state index in [-0.39, 0.29) is 6.61 Å². The van der Waals surface area contributed by atoms with Crippen LogP contribution in [0.5, 0.6) is 0 Å². The Hall–Kier alpha value is -0.820. The molecule has 0 saturated carbocycles. The molecule has 0 aromatic heterocycles. The van der Waals surface area contributed by atoms with Crippen LogP contribution >= 0.6 is 0 Å². The Morgan fingerprint density at radius 2 is 1.14 bits per heavy atom. The van der Waals surface area contributed by atoms with Crippen LogP contribution in [0.4, 0.5) is 0 Å². The molecule has 1 heteroatoms. The van der Waals surface area contributed by atoms with Gasteiger partial charge in [0.1, 0.15) is 0 Å². The predicted octanol–water partition coefficient (Wildman–Crippen LogP) is 2.87. The first-order chi connectivity index (χ1) is 6.76. The zero-order chi connectivity index (χ0) is 10.6. The van der Waals surface area contributed by atoms with E-state index in [1.165, 1.54) is 16.7 Å². The lowest BCUT2D eigenvalue weighted by molar-refractivity contribution is 0.280. The third kappa shape index (κ3) is 2.16. The van der Waals surface area contributed by atoms with Gasteiger partial charge in [0, 0.05) is 0 Å². The van der Waals surface area contributed by atoms with E-state index in [1.807, 2.05) is 0 Å². The molecule has 0 amide bonds. The molecule has 0 radical (unpaired) electrons. The SMILES string of the molecule is CCc1cc(CC)c(CO)cc1CC. The van der Waals surface area contributed by atoms with Crippen molar-refractivity contribution in [1.29, 1.82) is 0 Å². The van der Waals surface area contributed by atoms with Crippen LogP contribution in [0.2, 0.25) is 0 Å². The second-order valence-corrected chi connectivity index (χ2v) is 3.61. The second-order valence-electron chi connectivity index (χ2n) is 3.61. The minimum absolute atomic E-state index is 0.167. The van der Waals surface area contributed by atoms with Crippen LogP contribution in [0, 0.1) is 0 Å². The summed E-state index contributed by atoms with van der Waals surface area (Å²) in [5, 5.41) is 9.23. The van der Waals surface area contributed by atoms with Crippen LogP contribution < -0.4 is 0 Å². The summed E-state index contributed by atoms with van der Waals surface area (Å²) in [5.41, 5.74) is 5.21. The third-order valence-electron chi connectivity index (χ3n) is 2.83. The van der Waals surface area contributed by atoms with Crippen molar-refractivity contribution in [2.45, 2.75) is 46.6 Å². The van der Waals surface area contributed by atoms with Gasteiger partial charge in [-0.2, -0.15) is 0 Å². The number of hydrogen-bond acceptors (Lipinski definition) is 1. The van der Waals surface area contributed by atoms with Gasteiger partial charge in [-0.15, -0.1) is 0 Å². The molecule has 1 rings (SSSR count). The van der Waals surface area contributed by atoms with E-state index in [2.05, 4.69) is 32.9 Å². The van der Waals surface area contributed by atoms with Crippen LogP contribution in [0.15, 0.2) is 12.1 Å². The summed E-state index contributed by atoms with van der Waals surface area (Å²) in [6.45, 7) is 6.66. The van der Waals surface area contributed by atoms with Crippen molar-refractivity contribution in [3.63, 3.8) is 0 Å². The van der Waals surface area contributed by atoms with E-state index in [0.29, 0.717) is 0 Å². The Kier molecular flexibility index (Phi) is 4.15. The van der Waals surface area contributed by atoms with Crippen molar-refractivity contribution in [3.05, 3.63) is 34.4 Å². The molecule has 0 spiro atoms. The molecule has 1 aromatic carbocycles. The van der Waals surface area contributed by atoms with E-state index >= 15 is 0 Å². The lowest BCUT2D eigenvalue weighted by atomic mass is 9.94. The molecule has 0 saturated heterocycles. The number of aliphatic hydroxyl groups is 1. The summed E-state index contributed by atoms with van der Waals surface area (Å²) in [7, 11) is 0. The fourth-order valence-corrected chi connectivity index (χ4v) is 1.93. The van der Waals surface area contributed by atoms with Gasteiger partial charge in [0.05, 0.1) is 6.61 Å². The number of hydrogen-bond donors (Lipinski definition) is 1. The smallest absolute Gasteiger partial charge is 0.0684 e. The first kappa shape index (κ1) is 11.3. The van der Waals surface area contributed by atoms with Crippen molar-refractivity contribution in [3.8, 4) is 0 Å². The van der Waals surface area contributed by atoms with Crippen molar-refractivity contribution in [2.24, 2.45) is 0 Å². The fourth-order valence-electron chi connectivity index (χ4n) is 1.93. The van der Waals surface area contributed by atoms with Gasteiger partial charge >= 0.3 is 0 Å². The highest BCUT2D eigenvalue weighted by Crippen LogP contribution is 2.19. The highest BCUT2D eigenvalue weighted by molar-refractivity contribution is 5.38. The standard InChI is InChI=1S/C13H20O/c1-4-10-7-12(6-3)13(9-14)8-11(10)5-2/h7-8,14H,4-6,9H2,1-3H3. The quantitative estimate of drug-likeness (QED) is 0.777. The average Bonchev–Trinajstić information content (AvgIpc) is 2.26. The van der Waals surface area contributed by atoms with E-state index in [9.17, 15) is 5.11 Å². The molecule has 1 aromatic rings. The molecular formula is C13H20O. The van der Waals surface area contributed by atoms with Gasteiger partial charge in [0.15, 0.2) is 0 Å². The summed E-state index contributed by atoms with van der Waals surface area (Å²) < 4.78 is 0. The average molecular weight is 192 g/mol. The summed E-state index contributed by atoms with van der Waals surface area (Å²) in [5.74, 6) is 0. The molecule has 0 unspecified atom stereocenters. The van der Waals surface area contributed by atoms with Crippen LogP contribution in [0.1, 0.15) is 43.0 Å². The summed E-state index contributed by atoms with van der Waals surface area (Å²) in [6, 6.07) is 4.42. The Balaban J connectivity index is 3.20. The van der Waals surface area contributed by atoms with Crippen molar-refractivity contribution in [1.82, 2.24) is 0 Å². The van der Waals surface area contributed by atoms with E-state index in [0.717, 1.165) is 24.8 Å². The normalized spacial score (nSPS) is 10.6. The number of rotatable bonds is 4. The number of benzene rings is 1. The third-order valence-corrected chi connectivity index (χ3v) is 2.83. The zero-order valence-electron chi connectivity index (χ0n) is 9.43. The molecule has 0 fully saturated rings. The lowest BCUT2D eigenvalue weighted by Gasteiger charge is -2.12. The molecule has 0 aliphatic rings. The van der Waals surface area contributed by atoms with Crippen LogP contribution in [-0.4, -0.2) is 5.11 Å². The first-order valence-corrected chi connectivity index (χ1v) is 5.51. The molecule has 14 heavy (non-hydrogen) atoms. The fraction of sp³-hybridized carbons (Fsp3) is 0.538. The molecule has 0 atom stereocenters. The Labute approximate surface area is 86.8 Å². The minimum atomic E-state index is 0.167. The highest BCUT2D eigenvalue weighted by Gasteiger charge is 2.05. The molecule has 0 aliphatic heterocycles. The molecule has 78 valence electrons. The van der Waals surface area contributed by atoms with Crippen molar-refractivity contribution < 1.29 is 5.11 Å². The molecule has 0 heterocycles. The number of aryl methyl sites for hydroxylation is 3. The Bertz CT molecular complexity index is 244. The van der Waals surface area contributed by atoms with E-state index < -0.39 is 0 Å². The van der Waals surface area contributed by atoms with Gasteiger partial charge in [-0.3, -0.25) is 0 Å². The topological polar surface area (TPSA) is 20.2 Å². The summed E-state index contributed by atoms with van der Waals surface area (Å²) >= 11 is 0. The molecule has 1 N–H and O–H groups in total. The highest BCUT2D eigenvalue weighted by atomic mass is 16.3. The van der Waals surface area contributed by atoms with Crippen molar-refractivity contribution >= 4 is 0 Å². The second kappa shape index (κ2) is 5.16. The largest absolute Gasteiger partial charge is 0.392 e. The van der Waals surface area contributed by atoms with Gasteiger partial charge in [-0.25, -0.2) is 0 Å². The zero-order valence-corrected chi connectivity index (χ0v) is 9.43. The van der Waals surface area contributed by atoms with E-state index in [1.54, 1.807) is 0 Å². The van der Waals surface area contributed by atoms with Gasteiger partial charge in [0.2, 0.25) is 0 Å². The monoisotopic (exact) mass is 192 g/mol.